The molecule has 0 bridgehead atoms. The zero-order chi connectivity index (χ0) is 24.1. The molecule has 6 nitrogen and oxygen atoms in total. The standard InChI is InChI=1S/C26H23F2N3O3/c1-16-29-15-21(30-16)13-14-34-25(18-5-9-20(28)10-6-18)23-12-11-22(26(32)33-2)24(31-23)17-3-7-19(27)8-4-17/h3-12,15,25H,13-14H2,1-2H3,(H,29,30). The van der Waals surface area contributed by atoms with Gasteiger partial charge in [0, 0.05) is 23.9 Å². The van der Waals surface area contributed by atoms with Gasteiger partial charge in [-0.2, -0.15) is 0 Å². The molecule has 4 aromatic rings. The van der Waals surface area contributed by atoms with E-state index in [1.807, 2.05) is 6.92 Å². The molecule has 0 saturated heterocycles. The van der Waals surface area contributed by atoms with E-state index in [9.17, 15) is 13.6 Å². The lowest BCUT2D eigenvalue weighted by Gasteiger charge is -2.20. The predicted octanol–water partition coefficient (Wildman–Crippen LogP) is 5.19. The molecule has 174 valence electrons. The van der Waals surface area contributed by atoms with E-state index in [0.29, 0.717) is 35.5 Å². The Hall–Kier alpha value is -3.91. The number of imidazole rings is 1. The molecule has 8 heteroatoms. The van der Waals surface area contributed by atoms with Gasteiger partial charge in [0.15, 0.2) is 0 Å². The smallest absolute Gasteiger partial charge is 0.340 e. The number of hydrogen-bond donors (Lipinski definition) is 1. The van der Waals surface area contributed by atoms with Crippen molar-refractivity contribution in [3.05, 3.63) is 107 Å². The molecule has 1 atom stereocenters. The summed E-state index contributed by atoms with van der Waals surface area (Å²) in [6, 6.07) is 14.9. The number of ether oxygens (including phenoxy) is 2. The van der Waals surface area contributed by atoms with Crippen molar-refractivity contribution in [2.24, 2.45) is 0 Å². The zero-order valence-corrected chi connectivity index (χ0v) is 18.7. The van der Waals surface area contributed by atoms with Crippen molar-refractivity contribution in [3.63, 3.8) is 0 Å². The van der Waals surface area contributed by atoms with Crippen LogP contribution in [0.2, 0.25) is 0 Å². The third-order valence-corrected chi connectivity index (χ3v) is 5.29. The maximum atomic E-state index is 13.6. The van der Waals surface area contributed by atoms with Gasteiger partial charge in [-0.15, -0.1) is 0 Å². The molecule has 0 aliphatic rings. The van der Waals surface area contributed by atoms with Crippen LogP contribution in [0.1, 0.15) is 39.2 Å². The number of H-pyrrole nitrogens is 1. The summed E-state index contributed by atoms with van der Waals surface area (Å²) in [4.78, 5) is 24.4. The molecule has 2 heterocycles. The summed E-state index contributed by atoms with van der Waals surface area (Å²) in [5, 5.41) is 0. The van der Waals surface area contributed by atoms with Gasteiger partial charge in [0.25, 0.3) is 0 Å². The fraction of sp³-hybridized carbons (Fsp3) is 0.192. The SMILES string of the molecule is COC(=O)c1ccc(C(OCCc2cnc(C)[nH]2)c2ccc(F)cc2)nc1-c1ccc(F)cc1. The summed E-state index contributed by atoms with van der Waals surface area (Å²) in [5.41, 5.74) is 3.27. The first kappa shape index (κ1) is 23.3. The summed E-state index contributed by atoms with van der Waals surface area (Å²) < 4.78 is 38.2. The Balaban J connectivity index is 1.71. The average molecular weight is 463 g/mol. The number of aryl methyl sites for hydroxylation is 1. The van der Waals surface area contributed by atoms with Crippen molar-refractivity contribution in [3.8, 4) is 11.3 Å². The monoisotopic (exact) mass is 463 g/mol. The molecule has 0 fully saturated rings. The van der Waals surface area contributed by atoms with E-state index in [2.05, 4.69) is 9.97 Å². The maximum Gasteiger partial charge on any atom is 0.340 e. The molecule has 1 unspecified atom stereocenters. The summed E-state index contributed by atoms with van der Waals surface area (Å²) >= 11 is 0. The largest absolute Gasteiger partial charge is 0.465 e. The van der Waals surface area contributed by atoms with Crippen LogP contribution in [-0.2, 0) is 15.9 Å². The van der Waals surface area contributed by atoms with Crippen LogP contribution in [0.5, 0.6) is 0 Å². The molecule has 4 rings (SSSR count). The lowest BCUT2D eigenvalue weighted by molar-refractivity contribution is 0.0600. The topological polar surface area (TPSA) is 77.1 Å². The number of carbonyl (C=O) groups is 1. The first-order valence-corrected chi connectivity index (χ1v) is 10.7. The molecule has 2 aromatic carbocycles. The van der Waals surface area contributed by atoms with Gasteiger partial charge in [-0.25, -0.2) is 23.5 Å². The van der Waals surface area contributed by atoms with Gasteiger partial charge >= 0.3 is 5.97 Å². The van der Waals surface area contributed by atoms with E-state index in [1.165, 1.54) is 31.4 Å². The van der Waals surface area contributed by atoms with E-state index in [0.717, 1.165) is 11.5 Å². The highest BCUT2D eigenvalue weighted by Crippen LogP contribution is 2.30. The second-order valence-corrected chi connectivity index (χ2v) is 7.68. The minimum atomic E-state index is -0.629. The van der Waals surface area contributed by atoms with Gasteiger partial charge in [0.2, 0.25) is 0 Å². The Morgan fingerprint density at radius 1 is 1.00 bits per heavy atom. The first-order chi connectivity index (χ1) is 16.4. The fourth-order valence-electron chi connectivity index (χ4n) is 3.60. The van der Waals surface area contributed by atoms with Crippen LogP contribution < -0.4 is 0 Å². The summed E-state index contributed by atoms with van der Waals surface area (Å²) in [7, 11) is 1.28. The van der Waals surface area contributed by atoms with E-state index >= 15 is 0 Å². The molecule has 0 saturated carbocycles. The van der Waals surface area contributed by atoms with Crippen molar-refractivity contribution in [2.45, 2.75) is 19.4 Å². The molecular formula is C26H23F2N3O3. The van der Waals surface area contributed by atoms with Crippen LogP contribution in [0.15, 0.2) is 66.9 Å². The number of nitrogens with zero attached hydrogens (tertiary/aromatic N) is 2. The van der Waals surface area contributed by atoms with E-state index < -0.39 is 17.9 Å². The van der Waals surface area contributed by atoms with Gasteiger partial charge in [0.1, 0.15) is 23.6 Å². The number of carbonyl (C=O) groups excluding carboxylic acids is 1. The molecule has 2 aromatic heterocycles. The minimum Gasteiger partial charge on any atom is -0.465 e. The number of methoxy groups -OCH3 is 1. The Morgan fingerprint density at radius 3 is 2.29 bits per heavy atom. The van der Waals surface area contributed by atoms with Crippen LogP contribution in [0.25, 0.3) is 11.3 Å². The van der Waals surface area contributed by atoms with Gasteiger partial charge < -0.3 is 14.5 Å². The van der Waals surface area contributed by atoms with Crippen LogP contribution in [0.3, 0.4) is 0 Å². The Kier molecular flexibility index (Phi) is 7.08. The highest BCUT2D eigenvalue weighted by Gasteiger charge is 2.22. The molecular weight excluding hydrogens is 440 g/mol. The molecule has 1 N–H and O–H groups in total. The van der Waals surface area contributed by atoms with Crippen molar-refractivity contribution >= 4 is 5.97 Å². The molecule has 0 aliphatic heterocycles. The zero-order valence-electron chi connectivity index (χ0n) is 18.7. The lowest BCUT2D eigenvalue weighted by atomic mass is 10.0. The third-order valence-electron chi connectivity index (χ3n) is 5.29. The number of benzene rings is 2. The van der Waals surface area contributed by atoms with E-state index in [4.69, 9.17) is 14.5 Å². The first-order valence-electron chi connectivity index (χ1n) is 10.7. The van der Waals surface area contributed by atoms with Crippen molar-refractivity contribution in [2.75, 3.05) is 13.7 Å². The number of hydrogen-bond acceptors (Lipinski definition) is 5. The molecule has 34 heavy (non-hydrogen) atoms. The number of rotatable bonds is 8. The van der Waals surface area contributed by atoms with Gasteiger partial charge in [0.05, 0.1) is 30.7 Å². The number of nitrogens with one attached hydrogen (secondary N) is 1. The van der Waals surface area contributed by atoms with Crippen molar-refractivity contribution < 1.29 is 23.0 Å². The Labute approximate surface area is 195 Å². The van der Waals surface area contributed by atoms with E-state index in [1.54, 1.807) is 42.6 Å². The second-order valence-electron chi connectivity index (χ2n) is 7.68. The quantitative estimate of drug-likeness (QED) is 0.364. The minimum absolute atomic E-state index is 0.239. The fourth-order valence-corrected chi connectivity index (χ4v) is 3.60. The van der Waals surface area contributed by atoms with Crippen LogP contribution >= 0.6 is 0 Å². The highest BCUT2D eigenvalue weighted by atomic mass is 19.1. The number of esters is 1. The summed E-state index contributed by atoms with van der Waals surface area (Å²) in [6.45, 7) is 2.21. The predicted molar refractivity (Wildman–Crippen MR) is 122 cm³/mol. The van der Waals surface area contributed by atoms with Gasteiger partial charge in [-0.3, -0.25) is 0 Å². The van der Waals surface area contributed by atoms with E-state index in [-0.39, 0.29) is 11.4 Å². The molecule has 0 spiro atoms. The average Bonchev–Trinajstić information content (AvgIpc) is 3.27. The van der Waals surface area contributed by atoms with Crippen molar-refractivity contribution in [1.29, 1.82) is 0 Å². The van der Waals surface area contributed by atoms with Crippen LogP contribution in [0.4, 0.5) is 8.78 Å². The molecule has 0 amide bonds. The molecule has 0 radical (unpaired) electrons. The number of pyridine rings is 1. The van der Waals surface area contributed by atoms with Crippen LogP contribution in [-0.4, -0.2) is 34.6 Å². The normalized spacial score (nSPS) is 11.9. The number of aromatic nitrogens is 3. The van der Waals surface area contributed by atoms with Gasteiger partial charge in [-0.1, -0.05) is 12.1 Å². The second kappa shape index (κ2) is 10.4. The lowest BCUT2D eigenvalue weighted by Crippen LogP contribution is -2.13. The van der Waals surface area contributed by atoms with Crippen molar-refractivity contribution in [1.82, 2.24) is 15.0 Å². The number of aromatic amines is 1. The maximum absolute atomic E-state index is 13.6. The highest BCUT2D eigenvalue weighted by molar-refractivity contribution is 5.96. The van der Waals surface area contributed by atoms with Crippen LogP contribution in [0, 0.1) is 18.6 Å². The Morgan fingerprint density at radius 2 is 1.68 bits per heavy atom. The number of halogens is 2. The summed E-state index contributed by atoms with van der Waals surface area (Å²) in [5.74, 6) is -0.515. The summed E-state index contributed by atoms with van der Waals surface area (Å²) in [6.07, 6.45) is 1.71. The van der Waals surface area contributed by atoms with Gasteiger partial charge in [-0.05, 0) is 61.0 Å². The Bertz CT molecular complexity index is 1270. The third kappa shape index (κ3) is 5.35. The molecule has 0 aliphatic carbocycles.